The molecule has 0 rings (SSSR count). The lowest BCUT2D eigenvalue weighted by molar-refractivity contribution is -0.137. The van der Waals surface area contributed by atoms with Gasteiger partial charge in [-0.05, 0) is 13.6 Å². The number of halogens is 3. The number of carbonyl (C=O) groups is 1. The molecule has 1 unspecified atom stereocenters. The van der Waals surface area contributed by atoms with E-state index in [1.807, 2.05) is 0 Å². The molecule has 0 saturated carbocycles. The highest BCUT2D eigenvalue weighted by Gasteiger charge is 2.27. The van der Waals surface area contributed by atoms with Crippen molar-refractivity contribution >= 4 is 5.91 Å². The Balaban J connectivity index is 4.00. The molecule has 0 bridgehead atoms. The maximum Gasteiger partial charge on any atom is 0.390 e. The van der Waals surface area contributed by atoms with E-state index in [2.05, 4.69) is 5.32 Å². The lowest BCUT2D eigenvalue weighted by Gasteiger charge is -2.22. The summed E-state index contributed by atoms with van der Waals surface area (Å²) in [4.78, 5) is 12.4. The number of nitrogens with zero attached hydrogens (tertiary/aromatic N) is 1. The van der Waals surface area contributed by atoms with Crippen LogP contribution in [0.15, 0.2) is 0 Å². The van der Waals surface area contributed by atoms with E-state index in [0.29, 0.717) is 6.54 Å². The van der Waals surface area contributed by atoms with Gasteiger partial charge in [-0.15, -0.1) is 0 Å². The maximum atomic E-state index is 11.9. The van der Waals surface area contributed by atoms with Gasteiger partial charge in [0.15, 0.2) is 0 Å². The molecular weight excluding hydrogens is 223 g/mol. The predicted octanol–water partition coefficient (Wildman–Crippen LogP) is 0.334. The summed E-state index contributed by atoms with van der Waals surface area (Å²) in [5, 5.41) is 2.81. The summed E-state index contributed by atoms with van der Waals surface area (Å²) in [6, 6.07) is -0.608. The largest absolute Gasteiger partial charge is 0.390 e. The second kappa shape index (κ2) is 6.70. The molecule has 0 radical (unpaired) electrons. The Bertz CT molecular complexity index is 221. The van der Waals surface area contributed by atoms with Gasteiger partial charge in [-0.3, -0.25) is 4.79 Å². The van der Waals surface area contributed by atoms with Gasteiger partial charge >= 0.3 is 6.18 Å². The molecule has 0 aliphatic carbocycles. The number of primary amides is 1. The van der Waals surface area contributed by atoms with Crippen LogP contribution < -0.4 is 11.1 Å². The van der Waals surface area contributed by atoms with Crippen molar-refractivity contribution in [3.8, 4) is 0 Å². The van der Waals surface area contributed by atoms with E-state index in [4.69, 9.17) is 5.73 Å². The number of hydrogen-bond acceptors (Lipinski definition) is 3. The van der Waals surface area contributed by atoms with Crippen molar-refractivity contribution in [2.24, 2.45) is 5.73 Å². The molecule has 3 N–H and O–H groups in total. The highest BCUT2D eigenvalue weighted by atomic mass is 19.4. The first-order valence-corrected chi connectivity index (χ1v) is 5.04. The minimum atomic E-state index is -4.17. The van der Waals surface area contributed by atoms with Crippen LogP contribution in [0.25, 0.3) is 0 Å². The van der Waals surface area contributed by atoms with Gasteiger partial charge in [0.2, 0.25) is 5.91 Å². The van der Waals surface area contributed by atoms with Gasteiger partial charge in [0.05, 0.1) is 12.5 Å². The minimum Gasteiger partial charge on any atom is -0.368 e. The number of amides is 1. The summed E-state index contributed by atoms with van der Waals surface area (Å²) in [7, 11) is 1.53. The van der Waals surface area contributed by atoms with Gasteiger partial charge in [0.1, 0.15) is 0 Å². The number of nitrogens with one attached hydrogen (secondary N) is 1. The first-order chi connectivity index (χ1) is 7.26. The van der Waals surface area contributed by atoms with Crippen LogP contribution in [0.1, 0.15) is 13.3 Å². The number of carbonyl (C=O) groups excluding carboxylic acids is 1. The Labute approximate surface area is 93.0 Å². The lowest BCUT2D eigenvalue weighted by atomic mass is 10.2. The van der Waals surface area contributed by atoms with Gasteiger partial charge in [0.25, 0.3) is 0 Å². The average Bonchev–Trinajstić information content (AvgIpc) is 2.13. The predicted molar refractivity (Wildman–Crippen MR) is 54.8 cm³/mol. The summed E-state index contributed by atoms with van der Waals surface area (Å²) < 4.78 is 35.8. The van der Waals surface area contributed by atoms with E-state index in [-0.39, 0.29) is 13.1 Å². The standard InChI is InChI=1S/C9H18F3N3O/c1-3-14-7(8(13)16)6-15(2)5-4-9(10,11)12/h7,14H,3-6H2,1-2H3,(H2,13,16). The van der Waals surface area contributed by atoms with Crippen LogP contribution in [-0.4, -0.2) is 49.7 Å². The minimum absolute atomic E-state index is 0.140. The molecule has 0 aromatic carbocycles. The molecule has 0 aromatic rings. The topological polar surface area (TPSA) is 58.4 Å². The van der Waals surface area contributed by atoms with Crippen LogP contribution in [0.3, 0.4) is 0 Å². The van der Waals surface area contributed by atoms with E-state index in [9.17, 15) is 18.0 Å². The van der Waals surface area contributed by atoms with Crippen LogP contribution in [0.4, 0.5) is 13.2 Å². The second-order valence-corrected chi connectivity index (χ2v) is 3.64. The van der Waals surface area contributed by atoms with Crippen molar-refractivity contribution < 1.29 is 18.0 Å². The molecular formula is C9H18F3N3O. The first kappa shape index (κ1) is 15.2. The van der Waals surface area contributed by atoms with Crippen molar-refractivity contribution in [2.45, 2.75) is 25.6 Å². The van der Waals surface area contributed by atoms with E-state index >= 15 is 0 Å². The molecule has 0 spiro atoms. The quantitative estimate of drug-likeness (QED) is 0.675. The Kier molecular flexibility index (Phi) is 6.35. The first-order valence-electron chi connectivity index (χ1n) is 5.04. The number of rotatable bonds is 7. The van der Waals surface area contributed by atoms with Crippen LogP contribution in [-0.2, 0) is 4.79 Å². The third kappa shape index (κ3) is 7.47. The van der Waals surface area contributed by atoms with Crippen LogP contribution >= 0.6 is 0 Å². The highest BCUT2D eigenvalue weighted by molar-refractivity contribution is 5.80. The zero-order chi connectivity index (χ0) is 12.8. The molecule has 96 valence electrons. The Hall–Kier alpha value is -0.820. The zero-order valence-electron chi connectivity index (χ0n) is 9.47. The molecule has 0 fully saturated rings. The Morgan fingerprint density at radius 1 is 1.50 bits per heavy atom. The zero-order valence-corrected chi connectivity index (χ0v) is 9.47. The molecule has 0 heterocycles. The molecule has 0 aromatic heterocycles. The number of alkyl halides is 3. The van der Waals surface area contributed by atoms with Gasteiger partial charge in [-0.2, -0.15) is 13.2 Å². The molecule has 1 amide bonds. The van der Waals surface area contributed by atoms with Crippen LogP contribution in [0.5, 0.6) is 0 Å². The Morgan fingerprint density at radius 3 is 2.44 bits per heavy atom. The monoisotopic (exact) mass is 241 g/mol. The SMILES string of the molecule is CCNC(CN(C)CCC(F)(F)F)C(N)=O. The number of hydrogen-bond donors (Lipinski definition) is 2. The van der Waals surface area contributed by atoms with Crippen molar-refractivity contribution in [3.05, 3.63) is 0 Å². The smallest absolute Gasteiger partial charge is 0.368 e. The van der Waals surface area contributed by atoms with Gasteiger partial charge in [-0.25, -0.2) is 0 Å². The number of nitrogens with two attached hydrogens (primary N) is 1. The second-order valence-electron chi connectivity index (χ2n) is 3.64. The molecule has 1 atom stereocenters. The fraction of sp³-hybridized carbons (Fsp3) is 0.889. The molecule has 0 saturated heterocycles. The van der Waals surface area contributed by atoms with Gasteiger partial charge in [0, 0.05) is 13.1 Å². The fourth-order valence-corrected chi connectivity index (χ4v) is 1.22. The molecule has 16 heavy (non-hydrogen) atoms. The summed E-state index contributed by atoms with van der Waals surface area (Å²) in [5.41, 5.74) is 5.10. The summed E-state index contributed by atoms with van der Waals surface area (Å²) in [5.74, 6) is -0.555. The van der Waals surface area contributed by atoms with E-state index in [0.717, 1.165) is 0 Å². The molecule has 0 aliphatic rings. The lowest BCUT2D eigenvalue weighted by Crippen LogP contribution is -2.48. The van der Waals surface area contributed by atoms with E-state index < -0.39 is 24.5 Å². The van der Waals surface area contributed by atoms with Crippen molar-refractivity contribution in [3.63, 3.8) is 0 Å². The van der Waals surface area contributed by atoms with Gasteiger partial charge < -0.3 is 16.0 Å². The number of likely N-dealkylation sites (N-methyl/N-ethyl adjacent to an activating group) is 2. The molecule has 4 nitrogen and oxygen atoms in total. The van der Waals surface area contributed by atoms with E-state index in [1.165, 1.54) is 11.9 Å². The van der Waals surface area contributed by atoms with Crippen molar-refractivity contribution in [2.75, 3.05) is 26.7 Å². The summed E-state index contributed by atoms with van der Waals surface area (Å²) >= 11 is 0. The van der Waals surface area contributed by atoms with E-state index in [1.54, 1.807) is 6.92 Å². The summed E-state index contributed by atoms with van der Waals surface area (Å²) in [6.45, 7) is 2.38. The molecule has 0 aliphatic heterocycles. The van der Waals surface area contributed by atoms with Crippen molar-refractivity contribution in [1.82, 2.24) is 10.2 Å². The van der Waals surface area contributed by atoms with Crippen LogP contribution in [0.2, 0.25) is 0 Å². The highest BCUT2D eigenvalue weighted by Crippen LogP contribution is 2.19. The van der Waals surface area contributed by atoms with Gasteiger partial charge in [-0.1, -0.05) is 6.92 Å². The normalized spacial score (nSPS) is 14.1. The molecule has 7 heteroatoms. The fourth-order valence-electron chi connectivity index (χ4n) is 1.22. The van der Waals surface area contributed by atoms with Crippen LogP contribution in [0, 0.1) is 0 Å². The van der Waals surface area contributed by atoms with Crippen molar-refractivity contribution in [1.29, 1.82) is 0 Å². The summed E-state index contributed by atoms with van der Waals surface area (Å²) in [6.07, 6.45) is -5.06. The third-order valence-corrected chi connectivity index (χ3v) is 2.07. The third-order valence-electron chi connectivity index (χ3n) is 2.07. The Morgan fingerprint density at radius 2 is 2.06 bits per heavy atom. The average molecular weight is 241 g/mol. The maximum absolute atomic E-state index is 11.9.